The van der Waals surface area contributed by atoms with Crippen LogP contribution in [-0.4, -0.2) is 0 Å². The van der Waals surface area contributed by atoms with E-state index in [4.69, 9.17) is 6.42 Å². The highest BCUT2D eigenvalue weighted by Gasteiger charge is 1.86. The second-order valence-corrected chi connectivity index (χ2v) is 2.19. The van der Waals surface area contributed by atoms with E-state index in [-0.39, 0.29) is 0 Å². The van der Waals surface area contributed by atoms with Crippen molar-refractivity contribution in [2.45, 2.75) is 13.3 Å². The number of rotatable bonds is 1. The molecule has 0 spiro atoms. The number of aryl methyl sites for hydroxylation is 1. The van der Waals surface area contributed by atoms with Gasteiger partial charge in [-0.05, 0) is 24.1 Å². The summed E-state index contributed by atoms with van der Waals surface area (Å²) in [5.41, 5.74) is 2.29. The van der Waals surface area contributed by atoms with Gasteiger partial charge in [0.05, 0.1) is 0 Å². The summed E-state index contributed by atoms with van der Waals surface area (Å²) in [4.78, 5) is 0. The molecule has 1 rings (SSSR count). The van der Waals surface area contributed by atoms with E-state index in [0.717, 1.165) is 12.0 Å². The van der Waals surface area contributed by atoms with Gasteiger partial charge in [0, 0.05) is 42.8 Å². The van der Waals surface area contributed by atoms with Crippen molar-refractivity contribution in [2.75, 3.05) is 0 Å². The number of hydrogen-bond donors (Lipinski definition) is 0. The lowest BCUT2D eigenvalue weighted by Crippen LogP contribution is -1.78. The molecule has 0 heterocycles. The summed E-state index contributed by atoms with van der Waals surface area (Å²) in [7, 11) is 0. The molecule has 0 saturated carbocycles. The van der Waals surface area contributed by atoms with Crippen LogP contribution < -0.4 is 0 Å². The summed E-state index contributed by atoms with van der Waals surface area (Å²) >= 11 is 4.24. The van der Waals surface area contributed by atoms with Crippen molar-refractivity contribution in [1.29, 1.82) is 0 Å². The second-order valence-electron chi connectivity index (χ2n) is 2.19. The Labute approximate surface area is 97.5 Å². The summed E-state index contributed by atoms with van der Waals surface area (Å²) in [5.74, 6) is 2.58. The van der Waals surface area contributed by atoms with Crippen LogP contribution in [0.1, 0.15) is 18.1 Å². The molecule has 0 N–H and O–H groups in total. The third-order valence-electron chi connectivity index (χ3n) is 1.53. The van der Waals surface area contributed by atoms with Crippen LogP contribution in [-0.2, 0) is 6.42 Å². The molecule has 0 bridgehead atoms. The monoisotopic (exact) mass is 384 g/mol. The molecule has 0 nitrogen and oxygen atoms in total. The van der Waals surface area contributed by atoms with Crippen molar-refractivity contribution < 1.29 is 0 Å². The Morgan fingerprint density at radius 2 is 1.75 bits per heavy atom. The highest BCUT2D eigenvalue weighted by Crippen LogP contribution is 2.02. The Hall–Kier alpha value is 0.240. The largest absolute Gasteiger partial charge is 0.115 e. The molecule has 64 valence electrons. The van der Waals surface area contributed by atoms with Crippen LogP contribution in [0.25, 0.3) is 0 Å². The first-order valence-corrected chi connectivity index (χ1v) is 9.85. The minimum atomic E-state index is 0.956. The highest BCUT2D eigenvalue weighted by atomic mass is 128. The van der Waals surface area contributed by atoms with E-state index in [9.17, 15) is 0 Å². The molecule has 1 aromatic carbocycles. The molecule has 0 aliphatic carbocycles. The molecule has 0 aromatic heterocycles. The van der Waals surface area contributed by atoms with E-state index in [1.54, 1.807) is 0 Å². The van der Waals surface area contributed by atoms with Crippen molar-refractivity contribution in [3.05, 3.63) is 35.4 Å². The molecule has 0 aliphatic heterocycles. The maximum absolute atomic E-state index is 5.19. The van der Waals surface area contributed by atoms with Gasteiger partial charge in [-0.2, -0.15) is 0 Å². The van der Waals surface area contributed by atoms with Crippen molar-refractivity contribution >= 4 is 37.2 Å². The molecule has 1 aromatic rings. The molecule has 2 heteroatoms. The molecule has 12 heavy (non-hydrogen) atoms. The zero-order chi connectivity index (χ0) is 9.40. The molecule has 0 unspecified atom stereocenters. The number of terminal acetylenes is 1. The summed E-state index contributed by atoms with van der Waals surface area (Å²) in [6, 6.07) is 8.07. The van der Waals surface area contributed by atoms with Gasteiger partial charge in [0.15, 0.2) is 0 Å². The van der Waals surface area contributed by atoms with Crippen molar-refractivity contribution in [2.24, 2.45) is 0 Å². The quantitative estimate of drug-likeness (QED) is 0.508. The second kappa shape index (κ2) is 7.87. The minimum absolute atomic E-state index is 0.956. The van der Waals surface area contributed by atoms with Crippen molar-refractivity contribution in [3.63, 3.8) is 0 Å². The third-order valence-corrected chi connectivity index (χ3v) is 1.53. The zero-order valence-corrected chi connectivity index (χ0v) is 11.2. The van der Waals surface area contributed by atoms with Crippen LogP contribution in [0.2, 0.25) is 0 Å². The Morgan fingerprint density at radius 3 is 2.08 bits per heavy atom. The SMILES string of the molecule is C#Cc1ccc(CC)cc1.II. The van der Waals surface area contributed by atoms with Gasteiger partial charge in [0.2, 0.25) is 0 Å². The van der Waals surface area contributed by atoms with Gasteiger partial charge in [-0.25, -0.2) is 0 Å². The third kappa shape index (κ3) is 4.31. The topological polar surface area (TPSA) is 0 Å². The first-order valence-electron chi connectivity index (χ1n) is 3.56. The maximum atomic E-state index is 5.19. The Balaban J connectivity index is 0.000000561. The summed E-state index contributed by atoms with van der Waals surface area (Å²) < 4.78 is 0. The smallest absolute Gasteiger partial charge is 0.0242 e. The van der Waals surface area contributed by atoms with E-state index in [2.05, 4.69) is 62.2 Å². The van der Waals surface area contributed by atoms with Gasteiger partial charge in [0.25, 0.3) is 0 Å². The van der Waals surface area contributed by atoms with E-state index >= 15 is 0 Å². The summed E-state index contributed by atoms with van der Waals surface area (Å²) in [6.07, 6.45) is 6.27. The van der Waals surface area contributed by atoms with Gasteiger partial charge in [-0.1, -0.05) is 25.0 Å². The molecule has 0 aliphatic rings. The van der Waals surface area contributed by atoms with Gasteiger partial charge in [-0.15, -0.1) is 6.42 Å². The van der Waals surface area contributed by atoms with E-state index in [1.807, 2.05) is 12.1 Å². The molecule has 0 fully saturated rings. The lowest BCUT2D eigenvalue weighted by atomic mass is 10.1. The molecule has 0 radical (unpaired) electrons. The Bertz CT molecular complexity index is 244. The maximum Gasteiger partial charge on any atom is 0.0242 e. The fourth-order valence-electron chi connectivity index (χ4n) is 0.837. The lowest BCUT2D eigenvalue weighted by Gasteiger charge is -1.94. The number of halogens is 2. The van der Waals surface area contributed by atoms with Crippen molar-refractivity contribution in [1.82, 2.24) is 0 Å². The fraction of sp³-hybridized carbons (Fsp3) is 0.200. The van der Waals surface area contributed by atoms with Crippen LogP contribution in [0, 0.1) is 12.3 Å². The average molecular weight is 384 g/mol. The fourth-order valence-corrected chi connectivity index (χ4v) is 0.837. The normalized spacial score (nSPS) is 7.83. The van der Waals surface area contributed by atoms with E-state index < -0.39 is 0 Å². The standard InChI is InChI=1S/C10H10.I2/c1-3-9-5-7-10(4-2)8-6-9;1-2/h1,5-8H,4H2,2H3;. The lowest BCUT2D eigenvalue weighted by molar-refractivity contribution is 1.14. The Kier molecular flexibility index (Phi) is 8.02. The zero-order valence-electron chi connectivity index (χ0n) is 6.85. The van der Waals surface area contributed by atoms with Crippen LogP contribution in [0.5, 0.6) is 0 Å². The first-order chi connectivity index (χ1) is 5.86. The number of hydrogen-bond acceptors (Lipinski definition) is 0. The van der Waals surface area contributed by atoms with Crippen molar-refractivity contribution in [3.8, 4) is 12.3 Å². The van der Waals surface area contributed by atoms with Gasteiger partial charge >= 0.3 is 0 Å². The predicted molar refractivity (Wildman–Crippen MR) is 71.8 cm³/mol. The molecule has 0 saturated heterocycles. The predicted octanol–water partition coefficient (Wildman–Crippen LogP) is 4.00. The Morgan fingerprint density at radius 1 is 1.25 bits per heavy atom. The van der Waals surface area contributed by atoms with Gasteiger partial charge < -0.3 is 0 Å². The highest BCUT2D eigenvalue weighted by molar-refractivity contribution is 15.0. The van der Waals surface area contributed by atoms with Crippen LogP contribution in [0.3, 0.4) is 0 Å². The van der Waals surface area contributed by atoms with Gasteiger partial charge in [0.1, 0.15) is 0 Å². The van der Waals surface area contributed by atoms with Gasteiger partial charge in [-0.3, -0.25) is 0 Å². The summed E-state index contributed by atoms with van der Waals surface area (Å²) in [6.45, 7) is 2.13. The summed E-state index contributed by atoms with van der Waals surface area (Å²) in [5, 5.41) is 0. The molecule has 0 amide bonds. The van der Waals surface area contributed by atoms with E-state index in [0.29, 0.717) is 0 Å². The molecule has 0 atom stereocenters. The van der Waals surface area contributed by atoms with E-state index in [1.165, 1.54) is 5.56 Å². The first kappa shape index (κ1) is 12.2. The van der Waals surface area contributed by atoms with Crippen LogP contribution in [0.15, 0.2) is 24.3 Å². The minimum Gasteiger partial charge on any atom is -0.115 e. The average Bonchev–Trinajstić information content (AvgIpc) is 2.21. The van der Waals surface area contributed by atoms with Crippen LogP contribution in [0.4, 0.5) is 0 Å². The molecular weight excluding hydrogens is 374 g/mol. The van der Waals surface area contributed by atoms with Crippen LogP contribution >= 0.6 is 37.2 Å². The number of benzene rings is 1. The molecular formula is C10H10I2.